The van der Waals surface area contributed by atoms with Crippen LogP contribution in [-0.2, 0) is 0 Å². The average molecular weight is 186 g/mol. The maximum Gasteiger partial charge on any atom is 0.674 e. The summed E-state index contributed by atoms with van der Waals surface area (Å²) in [5.41, 5.74) is 9.56. The number of hydrogen-bond acceptors (Lipinski definition) is 6. The van der Waals surface area contributed by atoms with Gasteiger partial charge in [-0.05, 0) is 0 Å². The Morgan fingerprint density at radius 3 is 1.08 bits per heavy atom. The summed E-state index contributed by atoms with van der Waals surface area (Å²) in [4.78, 5) is 0. The molecule has 0 aromatic carbocycles. The second-order valence-electron chi connectivity index (χ2n) is 1.34. The van der Waals surface area contributed by atoms with Crippen molar-refractivity contribution in [3.63, 3.8) is 0 Å². The van der Waals surface area contributed by atoms with E-state index in [1.807, 2.05) is 0 Å². The first-order chi connectivity index (χ1) is 5.56. The minimum absolute atomic E-state index is 0.0972. The van der Waals surface area contributed by atoms with Gasteiger partial charge in [0.05, 0.1) is 13.2 Å². The summed E-state index contributed by atoms with van der Waals surface area (Å²) in [5, 5.41) is 29.4. The summed E-state index contributed by atoms with van der Waals surface area (Å²) in [6.07, 6.45) is 0. The van der Waals surface area contributed by atoms with Gasteiger partial charge in [-0.15, -0.1) is 0 Å². The zero-order valence-electron chi connectivity index (χ0n) is 6.73. The molecule has 0 heterocycles. The Morgan fingerprint density at radius 2 is 1.08 bits per heavy atom. The van der Waals surface area contributed by atoms with E-state index in [0.717, 1.165) is 0 Å². The second kappa shape index (κ2) is 22.4. The van der Waals surface area contributed by atoms with E-state index >= 15 is 0 Å². The molecule has 0 aliphatic carbocycles. The molecule has 0 saturated carbocycles. The van der Waals surface area contributed by atoms with Crippen LogP contribution in [-0.4, -0.2) is 54.0 Å². The van der Waals surface area contributed by atoms with Crippen LogP contribution in [0.5, 0.6) is 0 Å². The molecule has 0 amide bonds. The van der Waals surface area contributed by atoms with E-state index in [4.69, 9.17) is 31.7 Å². The lowest BCUT2D eigenvalue weighted by atomic mass is 10.3. The van der Waals surface area contributed by atoms with Crippen molar-refractivity contribution in [2.75, 3.05) is 26.3 Å². The van der Waals surface area contributed by atoms with Crippen LogP contribution in [0.2, 0.25) is 0 Å². The average Bonchev–Trinajstić information content (AvgIpc) is 2.03. The van der Waals surface area contributed by atoms with Crippen LogP contribution in [0.25, 0.3) is 0 Å². The van der Waals surface area contributed by atoms with Crippen molar-refractivity contribution in [3.8, 4) is 0 Å². The summed E-state index contributed by atoms with van der Waals surface area (Å²) < 4.78 is 10.1. The standard InChI is InChI=1S/2C2H7NO.BFH2O2/c2*3-1-2-4;2-1(3)4/h2*4H,1-3H2;3-4H. The first-order valence-electron chi connectivity index (χ1n) is 3.18. The van der Waals surface area contributed by atoms with Crippen molar-refractivity contribution in [3.05, 3.63) is 0 Å². The predicted octanol–water partition coefficient (Wildman–Crippen LogP) is -3.20. The van der Waals surface area contributed by atoms with Crippen molar-refractivity contribution < 1.29 is 24.6 Å². The minimum Gasteiger partial charge on any atom is -0.398 e. The van der Waals surface area contributed by atoms with Gasteiger partial charge < -0.3 is 31.7 Å². The summed E-state index contributed by atoms with van der Waals surface area (Å²) in [7, 11) is -2.67. The van der Waals surface area contributed by atoms with Crippen LogP contribution >= 0.6 is 0 Å². The SMILES string of the molecule is NCCO.NCCO.OB(O)F. The molecule has 0 aromatic rings. The number of aliphatic hydroxyl groups is 2. The van der Waals surface area contributed by atoms with Gasteiger partial charge in [0.2, 0.25) is 0 Å². The normalized spacial score (nSPS) is 7.25. The summed E-state index contributed by atoms with van der Waals surface area (Å²) in [5.74, 6) is 0. The number of nitrogens with two attached hydrogens (primary N) is 2. The van der Waals surface area contributed by atoms with Crippen LogP contribution in [0, 0.1) is 0 Å². The van der Waals surface area contributed by atoms with Gasteiger partial charge in [-0.3, -0.25) is 4.32 Å². The van der Waals surface area contributed by atoms with Gasteiger partial charge in [0, 0.05) is 13.1 Å². The summed E-state index contributed by atoms with van der Waals surface area (Å²) >= 11 is 0. The third kappa shape index (κ3) is 243. The first kappa shape index (κ1) is 17.7. The minimum atomic E-state index is -2.67. The van der Waals surface area contributed by atoms with Gasteiger partial charge in [0.15, 0.2) is 0 Å². The zero-order chi connectivity index (χ0) is 10.4. The lowest BCUT2D eigenvalue weighted by molar-refractivity contribution is 0.306. The van der Waals surface area contributed by atoms with Crippen LogP contribution in [0.1, 0.15) is 0 Å². The molecule has 12 heavy (non-hydrogen) atoms. The molecule has 0 fully saturated rings. The maximum absolute atomic E-state index is 10.1. The largest absolute Gasteiger partial charge is 0.674 e. The number of halogens is 1. The maximum atomic E-state index is 10.1. The topological polar surface area (TPSA) is 133 Å². The molecule has 0 bridgehead atoms. The van der Waals surface area contributed by atoms with E-state index in [-0.39, 0.29) is 13.2 Å². The molecule has 0 aliphatic rings. The quantitative estimate of drug-likeness (QED) is 0.251. The Bertz CT molecular complexity index is 51.6. The lowest BCUT2D eigenvalue weighted by Gasteiger charge is -1.71. The zero-order valence-corrected chi connectivity index (χ0v) is 6.73. The molecular weight excluding hydrogens is 170 g/mol. The molecule has 0 unspecified atom stereocenters. The van der Waals surface area contributed by atoms with E-state index in [1.54, 1.807) is 0 Å². The Morgan fingerprint density at radius 1 is 1.00 bits per heavy atom. The van der Waals surface area contributed by atoms with Crippen molar-refractivity contribution in [2.24, 2.45) is 11.5 Å². The van der Waals surface area contributed by atoms with Gasteiger partial charge in [0.25, 0.3) is 0 Å². The Balaban J connectivity index is -0.000000101. The van der Waals surface area contributed by atoms with Crippen molar-refractivity contribution in [1.82, 2.24) is 0 Å². The van der Waals surface area contributed by atoms with Gasteiger partial charge >= 0.3 is 7.40 Å². The van der Waals surface area contributed by atoms with Gasteiger partial charge in [-0.25, -0.2) is 0 Å². The van der Waals surface area contributed by atoms with Crippen molar-refractivity contribution in [2.45, 2.75) is 0 Å². The van der Waals surface area contributed by atoms with E-state index < -0.39 is 7.40 Å². The molecule has 0 atom stereocenters. The number of aliphatic hydroxyl groups excluding tert-OH is 2. The van der Waals surface area contributed by atoms with Crippen LogP contribution in [0.15, 0.2) is 0 Å². The van der Waals surface area contributed by atoms with E-state index in [9.17, 15) is 4.32 Å². The Labute approximate surface area is 70.8 Å². The fourth-order valence-electron chi connectivity index (χ4n) is 0. The smallest absolute Gasteiger partial charge is 0.398 e. The highest BCUT2D eigenvalue weighted by Gasteiger charge is 1.97. The molecular formula is C4H16BFN2O4. The predicted molar refractivity (Wildman–Crippen MR) is 43.6 cm³/mol. The molecule has 8 heteroatoms. The molecule has 0 aliphatic heterocycles. The van der Waals surface area contributed by atoms with Gasteiger partial charge in [0.1, 0.15) is 0 Å². The van der Waals surface area contributed by atoms with Gasteiger partial charge in [-0.1, -0.05) is 0 Å². The monoisotopic (exact) mass is 186 g/mol. The lowest BCUT2D eigenvalue weighted by Crippen LogP contribution is -2.02. The number of hydrogen-bond donors (Lipinski definition) is 6. The Kier molecular flexibility index (Phi) is 33.2. The molecule has 8 N–H and O–H groups in total. The number of rotatable bonds is 2. The fourth-order valence-corrected chi connectivity index (χ4v) is 0. The highest BCUT2D eigenvalue weighted by molar-refractivity contribution is 6.31. The molecule has 6 nitrogen and oxygen atoms in total. The van der Waals surface area contributed by atoms with Crippen molar-refractivity contribution >= 4 is 7.40 Å². The third-order valence-corrected chi connectivity index (χ3v) is 0.258. The molecule has 0 aromatic heterocycles. The van der Waals surface area contributed by atoms with Crippen LogP contribution in [0.4, 0.5) is 4.32 Å². The molecule has 0 radical (unpaired) electrons. The first-order valence-corrected chi connectivity index (χ1v) is 3.18. The van der Waals surface area contributed by atoms with Crippen molar-refractivity contribution in [1.29, 1.82) is 0 Å². The highest BCUT2D eigenvalue weighted by atomic mass is 19.1. The highest BCUT2D eigenvalue weighted by Crippen LogP contribution is 1.57. The van der Waals surface area contributed by atoms with E-state index in [1.165, 1.54) is 0 Å². The molecule has 0 spiro atoms. The molecule has 76 valence electrons. The second-order valence-corrected chi connectivity index (χ2v) is 1.34. The molecule has 0 rings (SSSR count). The van der Waals surface area contributed by atoms with E-state index in [0.29, 0.717) is 13.1 Å². The summed E-state index contributed by atoms with van der Waals surface area (Å²) in [6, 6.07) is 0. The third-order valence-electron chi connectivity index (χ3n) is 0.258. The van der Waals surface area contributed by atoms with E-state index in [2.05, 4.69) is 0 Å². The molecule has 0 saturated heterocycles. The fraction of sp³-hybridized carbons (Fsp3) is 1.00. The van der Waals surface area contributed by atoms with Gasteiger partial charge in [-0.2, -0.15) is 0 Å². The van der Waals surface area contributed by atoms with Crippen LogP contribution < -0.4 is 11.5 Å². The summed E-state index contributed by atoms with van der Waals surface area (Å²) in [6.45, 7) is 0.944. The van der Waals surface area contributed by atoms with Crippen LogP contribution in [0.3, 0.4) is 0 Å². The Hall–Kier alpha value is -0.245.